The average Bonchev–Trinajstić information content (AvgIpc) is 2.96. The first-order valence-electron chi connectivity index (χ1n) is 19.0. The molecule has 0 N–H and O–H groups in total. The Hall–Kier alpha value is -0.160. The van der Waals surface area contributed by atoms with Crippen LogP contribution in [0.2, 0.25) is 0 Å². The Labute approximate surface area is 266 Å². The highest BCUT2D eigenvalue weighted by molar-refractivity contribution is 4.80. The summed E-state index contributed by atoms with van der Waals surface area (Å²) < 4.78 is 3.95. The van der Waals surface area contributed by atoms with Gasteiger partial charge in [-0.05, 0) is 118 Å². The molecule has 4 heteroatoms. The molecule has 0 aliphatic carbocycles. The number of hydrogen-bond donors (Lipinski definition) is 0. The van der Waals surface area contributed by atoms with Gasteiger partial charge >= 0.3 is 0 Å². The zero-order chi connectivity index (χ0) is 31.5. The van der Waals surface area contributed by atoms with Crippen LogP contribution in [0.25, 0.3) is 0 Å². The Bertz CT molecular complexity index is 711. The maximum atomic E-state index is 2.64. The van der Waals surface area contributed by atoms with Crippen LogP contribution in [0, 0.1) is 11.8 Å². The van der Waals surface area contributed by atoms with E-state index < -0.39 is 0 Å². The third-order valence-corrected chi connectivity index (χ3v) is 13.7. The van der Waals surface area contributed by atoms with Gasteiger partial charge in [-0.3, -0.25) is 4.90 Å². The maximum absolute atomic E-state index is 2.64. The van der Waals surface area contributed by atoms with Gasteiger partial charge in [0.15, 0.2) is 0 Å². The zero-order valence-electron chi connectivity index (χ0n) is 31.2. The predicted molar refractivity (Wildman–Crippen MR) is 187 cm³/mol. The summed E-state index contributed by atoms with van der Waals surface area (Å²) >= 11 is 0. The molecule has 0 saturated carbocycles. The van der Waals surface area contributed by atoms with Crippen LogP contribution in [0.5, 0.6) is 0 Å². The molecule has 0 radical (unpaired) electrons. The lowest BCUT2D eigenvalue weighted by Gasteiger charge is -2.51. The van der Waals surface area contributed by atoms with Crippen molar-refractivity contribution in [1.29, 1.82) is 0 Å². The highest BCUT2D eigenvalue weighted by atomic mass is 15.4. The Morgan fingerprint density at radius 2 is 1.14 bits per heavy atom. The van der Waals surface area contributed by atoms with Gasteiger partial charge in [0.2, 0.25) is 0 Å². The third-order valence-electron chi connectivity index (χ3n) is 13.7. The lowest BCUT2D eigenvalue weighted by Crippen LogP contribution is -2.62. The minimum Gasteiger partial charge on any atom is -0.326 e. The summed E-state index contributed by atoms with van der Waals surface area (Å²) in [4.78, 5) is 2.64. The van der Waals surface area contributed by atoms with Crippen molar-refractivity contribution in [1.82, 2.24) is 4.90 Å². The highest BCUT2D eigenvalue weighted by Crippen LogP contribution is 2.36. The monoisotopic (exact) mass is 594 g/mol. The topological polar surface area (TPSA) is 3.24 Å². The van der Waals surface area contributed by atoms with E-state index in [-0.39, 0.29) is 0 Å². The normalized spacial score (nSPS) is 28.0. The van der Waals surface area contributed by atoms with Crippen molar-refractivity contribution in [3.8, 4) is 0 Å². The van der Waals surface area contributed by atoms with Crippen molar-refractivity contribution in [2.45, 2.75) is 150 Å². The van der Waals surface area contributed by atoms with Crippen LogP contribution < -0.4 is 0 Å². The van der Waals surface area contributed by atoms with Crippen LogP contribution in [0.15, 0.2) is 0 Å². The summed E-state index contributed by atoms with van der Waals surface area (Å²) in [5, 5.41) is 0. The molecule has 2 aliphatic heterocycles. The summed E-state index contributed by atoms with van der Waals surface area (Å²) in [5.74, 6) is 1.99. The van der Waals surface area contributed by atoms with E-state index in [0.29, 0.717) is 11.1 Å². The second-order valence-corrected chi connectivity index (χ2v) is 16.8. The molecular weight excluding hydrogens is 512 g/mol. The second-order valence-electron chi connectivity index (χ2n) is 16.8. The largest absolute Gasteiger partial charge is 0.326 e. The van der Waals surface area contributed by atoms with Crippen LogP contribution in [-0.4, -0.2) is 116 Å². The number of quaternary nitrogens is 3. The first kappa shape index (κ1) is 38.0. The molecule has 2 rings (SSSR count). The first-order chi connectivity index (χ1) is 19.7. The lowest BCUT2D eigenvalue weighted by atomic mass is 9.83. The van der Waals surface area contributed by atoms with Crippen LogP contribution in [0.4, 0.5) is 0 Å². The first-order valence-corrected chi connectivity index (χ1v) is 19.0. The molecule has 4 nitrogen and oxygen atoms in total. The molecule has 0 amide bonds. The molecule has 0 bridgehead atoms. The van der Waals surface area contributed by atoms with Crippen LogP contribution in [0.3, 0.4) is 0 Å². The number of nitrogens with zero attached hydrogens (tertiary/aromatic N) is 4. The van der Waals surface area contributed by atoms with Crippen LogP contribution >= 0.6 is 0 Å². The quantitative estimate of drug-likeness (QED) is 0.101. The smallest absolute Gasteiger partial charge is 0.0935 e. The van der Waals surface area contributed by atoms with Gasteiger partial charge in [-0.15, -0.1) is 0 Å². The summed E-state index contributed by atoms with van der Waals surface area (Å²) in [6.07, 6.45) is 17.2. The summed E-state index contributed by atoms with van der Waals surface area (Å²) in [5.41, 5.74) is 0.760. The van der Waals surface area contributed by atoms with E-state index in [9.17, 15) is 0 Å². The van der Waals surface area contributed by atoms with Crippen molar-refractivity contribution in [3.05, 3.63) is 0 Å². The van der Waals surface area contributed by atoms with E-state index >= 15 is 0 Å². The van der Waals surface area contributed by atoms with Gasteiger partial charge in [0.25, 0.3) is 0 Å². The molecule has 0 aromatic rings. The fourth-order valence-electron chi connectivity index (χ4n) is 9.09. The molecule has 2 heterocycles. The van der Waals surface area contributed by atoms with Gasteiger partial charge in [0.05, 0.1) is 78.5 Å². The van der Waals surface area contributed by atoms with Crippen molar-refractivity contribution in [2.75, 3.05) is 86.1 Å². The Morgan fingerprint density at radius 3 is 1.62 bits per heavy atom. The zero-order valence-corrected chi connectivity index (χ0v) is 31.2. The van der Waals surface area contributed by atoms with Gasteiger partial charge in [-0.25, -0.2) is 0 Å². The lowest BCUT2D eigenvalue weighted by molar-refractivity contribution is -0.962. The van der Waals surface area contributed by atoms with Gasteiger partial charge in [-0.1, -0.05) is 33.1 Å². The minimum atomic E-state index is 0.353. The van der Waals surface area contributed by atoms with Gasteiger partial charge < -0.3 is 13.4 Å². The van der Waals surface area contributed by atoms with Crippen molar-refractivity contribution < 1.29 is 13.4 Å². The van der Waals surface area contributed by atoms with Gasteiger partial charge in [0.1, 0.15) is 0 Å². The molecule has 250 valence electrons. The molecular formula is C38H81N4+3. The standard InChI is InChI=1S/C38H81N4/c1-12-39(13-2)37(6,7)27-17-18-29-40(10)31-23-35(24-32-40)21-19-22-36-25-33-41(11,34-26-36)38(8,9)28-20-30-42(14-3,15-4)16-5/h35-36H,12-34H2,1-11H3/q+3. The maximum Gasteiger partial charge on any atom is 0.0935 e. The third kappa shape index (κ3) is 10.7. The SMILES string of the molecule is CCN(CC)C(C)(C)CCCC[N+]1(C)CCC(CCCC2CC[N+](C)(C(C)(C)CCC[N+](CC)(CC)CC)CC2)CC1. The molecule has 0 aromatic heterocycles. The van der Waals surface area contributed by atoms with Crippen molar-refractivity contribution in [2.24, 2.45) is 11.8 Å². The Kier molecular flexibility index (Phi) is 15.3. The van der Waals surface area contributed by atoms with Crippen LogP contribution in [-0.2, 0) is 0 Å². The summed E-state index contributed by atoms with van der Waals surface area (Å²) in [6, 6.07) is 0. The van der Waals surface area contributed by atoms with E-state index in [0.717, 1.165) is 11.8 Å². The van der Waals surface area contributed by atoms with Crippen molar-refractivity contribution in [3.63, 3.8) is 0 Å². The van der Waals surface area contributed by atoms with E-state index in [1.165, 1.54) is 162 Å². The van der Waals surface area contributed by atoms with E-state index in [2.05, 4.69) is 81.3 Å². The molecule has 0 spiro atoms. The number of unbranched alkanes of at least 4 members (excludes halogenated alkanes) is 1. The van der Waals surface area contributed by atoms with E-state index in [1.54, 1.807) is 0 Å². The number of piperidine rings is 2. The Balaban J connectivity index is 1.65. The minimum absolute atomic E-state index is 0.353. The molecule has 0 aromatic carbocycles. The van der Waals surface area contributed by atoms with Gasteiger partial charge in [-0.2, -0.15) is 0 Å². The van der Waals surface area contributed by atoms with E-state index in [1.807, 2.05) is 0 Å². The summed E-state index contributed by atoms with van der Waals surface area (Å²) in [6.45, 7) is 36.5. The summed E-state index contributed by atoms with van der Waals surface area (Å²) in [7, 11) is 5.14. The average molecular weight is 594 g/mol. The fourth-order valence-corrected chi connectivity index (χ4v) is 9.09. The molecule has 2 aliphatic rings. The number of hydrogen-bond acceptors (Lipinski definition) is 1. The highest BCUT2D eigenvalue weighted by Gasteiger charge is 2.43. The van der Waals surface area contributed by atoms with E-state index in [4.69, 9.17) is 0 Å². The molecule has 2 fully saturated rings. The second kappa shape index (κ2) is 17.0. The fraction of sp³-hybridized carbons (Fsp3) is 1.00. The molecule has 42 heavy (non-hydrogen) atoms. The number of likely N-dealkylation sites (tertiary alicyclic amines) is 2. The van der Waals surface area contributed by atoms with Gasteiger partial charge in [0, 0.05) is 18.4 Å². The van der Waals surface area contributed by atoms with Crippen LogP contribution in [0.1, 0.15) is 139 Å². The molecule has 2 saturated heterocycles. The van der Waals surface area contributed by atoms with Crippen molar-refractivity contribution >= 4 is 0 Å². The predicted octanol–water partition coefficient (Wildman–Crippen LogP) is 8.60. The molecule has 0 atom stereocenters. The molecule has 0 unspecified atom stereocenters. The number of rotatable bonds is 20. The Morgan fingerprint density at radius 1 is 0.643 bits per heavy atom.